The molecule has 0 saturated carbocycles. The van der Waals surface area contributed by atoms with Crippen LogP contribution < -0.4 is 11.1 Å². The van der Waals surface area contributed by atoms with Crippen LogP contribution in [0.5, 0.6) is 0 Å². The molecular weight excluding hydrogens is 190 g/mol. The molecule has 2 aliphatic rings. The quantitative estimate of drug-likeness (QED) is 0.656. The summed E-state index contributed by atoms with van der Waals surface area (Å²) >= 11 is 0. The van der Waals surface area contributed by atoms with E-state index < -0.39 is 0 Å². The van der Waals surface area contributed by atoms with Crippen molar-refractivity contribution in [2.45, 2.75) is 19.1 Å². The highest BCUT2D eigenvalue weighted by Crippen LogP contribution is 2.23. The van der Waals surface area contributed by atoms with Crippen molar-refractivity contribution in [2.24, 2.45) is 5.73 Å². The highest BCUT2D eigenvalue weighted by Gasteiger charge is 2.22. The van der Waals surface area contributed by atoms with E-state index in [1.165, 1.54) is 11.3 Å². The van der Waals surface area contributed by atoms with E-state index >= 15 is 0 Å². The second-order valence-electron chi connectivity index (χ2n) is 4.21. The predicted molar refractivity (Wildman–Crippen MR) is 60.0 cm³/mol. The molecule has 4 heteroatoms. The zero-order valence-corrected chi connectivity index (χ0v) is 9.42. The topological polar surface area (TPSA) is 50.5 Å². The van der Waals surface area contributed by atoms with Crippen LogP contribution in [-0.4, -0.2) is 38.4 Å². The molecule has 0 radical (unpaired) electrons. The minimum Gasteiger partial charge on any atom is -0.398 e. The minimum atomic E-state index is -0.146. The van der Waals surface area contributed by atoms with Crippen LogP contribution in [0.1, 0.15) is 12.8 Å². The van der Waals surface area contributed by atoms with Gasteiger partial charge in [0.05, 0.1) is 5.70 Å². The van der Waals surface area contributed by atoms with Crippen LogP contribution in [0.3, 0.4) is 0 Å². The number of hydrogen-bond donors (Lipinski definition) is 2. The van der Waals surface area contributed by atoms with Gasteiger partial charge in [0.15, 0.2) is 6.23 Å². The highest BCUT2D eigenvalue weighted by atomic mass is 16.5. The van der Waals surface area contributed by atoms with Crippen molar-refractivity contribution < 1.29 is 4.74 Å². The van der Waals surface area contributed by atoms with Gasteiger partial charge in [-0.15, -0.1) is 0 Å². The van der Waals surface area contributed by atoms with E-state index in [0.717, 1.165) is 31.6 Å². The molecule has 1 unspecified atom stereocenters. The Morgan fingerprint density at radius 3 is 2.93 bits per heavy atom. The molecule has 0 bridgehead atoms. The number of ether oxygens (including phenoxy) is 1. The molecule has 0 saturated heterocycles. The molecule has 2 aliphatic heterocycles. The van der Waals surface area contributed by atoms with E-state index in [1.54, 1.807) is 7.11 Å². The maximum absolute atomic E-state index is 5.91. The van der Waals surface area contributed by atoms with E-state index in [4.69, 9.17) is 10.5 Å². The predicted octanol–water partition coefficient (Wildman–Crippen LogP) is 0.384. The average molecular weight is 209 g/mol. The maximum Gasteiger partial charge on any atom is 0.167 e. The third-order valence-corrected chi connectivity index (χ3v) is 3.08. The lowest BCUT2D eigenvalue weighted by atomic mass is 10.0. The molecule has 1 atom stereocenters. The van der Waals surface area contributed by atoms with Crippen molar-refractivity contribution >= 4 is 0 Å². The summed E-state index contributed by atoms with van der Waals surface area (Å²) in [4.78, 5) is 2.34. The first kappa shape index (κ1) is 10.5. The van der Waals surface area contributed by atoms with Gasteiger partial charge in [-0.1, -0.05) is 0 Å². The molecule has 0 spiro atoms. The summed E-state index contributed by atoms with van der Waals surface area (Å²) in [5.41, 5.74) is 9.32. The fraction of sp³-hybridized carbons (Fsp3) is 0.636. The molecule has 4 nitrogen and oxygen atoms in total. The summed E-state index contributed by atoms with van der Waals surface area (Å²) in [5.74, 6) is 0. The average Bonchev–Trinajstić information content (AvgIpc) is 2.40. The van der Waals surface area contributed by atoms with Crippen LogP contribution in [0.2, 0.25) is 0 Å². The van der Waals surface area contributed by atoms with Crippen LogP contribution >= 0.6 is 0 Å². The van der Waals surface area contributed by atoms with Gasteiger partial charge in [-0.25, -0.2) is 0 Å². The van der Waals surface area contributed by atoms with Gasteiger partial charge in [0.1, 0.15) is 0 Å². The Balaban J connectivity index is 2.17. The Labute approximate surface area is 90.8 Å². The lowest BCUT2D eigenvalue weighted by Gasteiger charge is -2.26. The molecule has 0 aromatic rings. The Morgan fingerprint density at radius 2 is 2.20 bits per heavy atom. The Kier molecular flexibility index (Phi) is 2.98. The highest BCUT2D eigenvalue weighted by molar-refractivity contribution is 5.34. The molecule has 0 amide bonds. The SMILES string of the molecule is COC1NC2=C(C=C1N)CCN(C)CC2. The van der Waals surface area contributed by atoms with Crippen molar-refractivity contribution in [3.63, 3.8) is 0 Å². The summed E-state index contributed by atoms with van der Waals surface area (Å²) in [6, 6.07) is 0. The number of nitrogens with two attached hydrogens (primary N) is 1. The number of rotatable bonds is 1. The van der Waals surface area contributed by atoms with Gasteiger partial charge in [-0.05, 0) is 25.1 Å². The Hall–Kier alpha value is -1.00. The standard InChI is InChI=1S/C11H19N3O/c1-14-5-3-8-7-9(12)11(15-2)13-10(8)4-6-14/h7,11,13H,3-6,12H2,1-2H3. The largest absolute Gasteiger partial charge is 0.398 e. The summed E-state index contributed by atoms with van der Waals surface area (Å²) < 4.78 is 5.27. The molecular formula is C11H19N3O. The molecule has 2 heterocycles. The number of allylic oxidation sites excluding steroid dienone is 1. The van der Waals surface area contributed by atoms with Crippen LogP contribution in [0.25, 0.3) is 0 Å². The van der Waals surface area contributed by atoms with Crippen LogP contribution in [0.15, 0.2) is 23.0 Å². The zero-order valence-electron chi connectivity index (χ0n) is 9.42. The van der Waals surface area contributed by atoms with Crippen molar-refractivity contribution in [3.05, 3.63) is 23.0 Å². The van der Waals surface area contributed by atoms with E-state index in [2.05, 4.69) is 23.3 Å². The molecule has 0 fully saturated rings. The van der Waals surface area contributed by atoms with Crippen molar-refractivity contribution in [1.82, 2.24) is 10.2 Å². The number of dihydropyridines is 1. The van der Waals surface area contributed by atoms with Gasteiger partial charge in [-0.3, -0.25) is 0 Å². The summed E-state index contributed by atoms with van der Waals surface area (Å²) in [7, 11) is 3.83. The molecule has 2 rings (SSSR count). The van der Waals surface area contributed by atoms with Crippen LogP contribution in [0, 0.1) is 0 Å². The van der Waals surface area contributed by atoms with Gasteiger partial charge in [0, 0.05) is 32.3 Å². The molecule has 0 aromatic heterocycles. The van der Waals surface area contributed by atoms with Gasteiger partial charge in [0.25, 0.3) is 0 Å². The van der Waals surface area contributed by atoms with Gasteiger partial charge in [0.2, 0.25) is 0 Å². The van der Waals surface area contributed by atoms with Crippen molar-refractivity contribution in [3.8, 4) is 0 Å². The van der Waals surface area contributed by atoms with Crippen molar-refractivity contribution in [1.29, 1.82) is 0 Å². The van der Waals surface area contributed by atoms with Crippen LogP contribution in [0.4, 0.5) is 0 Å². The second-order valence-corrected chi connectivity index (χ2v) is 4.21. The second kappa shape index (κ2) is 4.24. The lowest BCUT2D eigenvalue weighted by molar-refractivity contribution is 0.107. The lowest BCUT2D eigenvalue weighted by Crippen LogP contribution is -2.38. The first-order valence-corrected chi connectivity index (χ1v) is 5.37. The molecule has 0 aromatic carbocycles. The Bertz CT molecular complexity index is 309. The monoisotopic (exact) mass is 209 g/mol. The normalized spacial score (nSPS) is 27.9. The molecule has 3 N–H and O–H groups in total. The molecule has 0 aliphatic carbocycles. The van der Waals surface area contributed by atoms with E-state index in [9.17, 15) is 0 Å². The maximum atomic E-state index is 5.91. The summed E-state index contributed by atoms with van der Waals surface area (Å²) in [6.45, 7) is 2.19. The number of hydrogen-bond acceptors (Lipinski definition) is 4. The van der Waals surface area contributed by atoms with Gasteiger partial charge in [-0.2, -0.15) is 0 Å². The van der Waals surface area contributed by atoms with Crippen molar-refractivity contribution in [2.75, 3.05) is 27.2 Å². The molecule has 84 valence electrons. The summed E-state index contributed by atoms with van der Waals surface area (Å²) in [5, 5.41) is 3.35. The third kappa shape index (κ3) is 2.16. The zero-order chi connectivity index (χ0) is 10.8. The number of nitrogens with one attached hydrogen (secondary N) is 1. The smallest absolute Gasteiger partial charge is 0.167 e. The van der Waals surface area contributed by atoms with Gasteiger partial charge >= 0.3 is 0 Å². The summed E-state index contributed by atoms with van der Waals surface area (Å²) in [6.07, 6.45) is 4.04. The fourth-order valence-corrected chi connectivity index (χ4v) is 2.07. The van der Waals surface area contributed by atoms with E-state index in [1.807, 2.05) is 0 Å². The first-order valence-electron chi connectivity index (χ1n) is 5.37. The Morgan fingerprint density at radius 1 is 1.47 bits per heavy atom. The van der Waals surface area contributed by atoms with E-state index in [-0.39, 0.29) is 6.23 Å². The van der Waals surface area contributed by atoms with E-state index in [0.29, 0.717) is 0 Å². The number of nitrogens with zero attached hydrogens (tertiary/aromatic N) is 1. The fourth-order valence-electron chi connectivity index (χ4n) is 2.07. The first-order chi connectivity index (χ1) is 7.20. The third-order valence-electron chi connectivity index (χ3n) is 3.08. The molecule has 15 heavy (non-hydrogen) atoms. The minimum absolute atomic E-state index is 0.146. The van der Waals surface area contributed by atoms with Gasteiger partial charge < -0.3 is 20.7 Å². The number of methoxy groups -OCH3 is 1. The van der Waals surface area contributed by atoms with Crippen LogP contribution in [-0.2, 0) is 4.74 Å².